The van der Waals surface area contributed by atoms with Gasteiger partial charge in [-0.2, -0.15) is 13.2 Å². The number of halogens is 3. The molecule has 276 valence electrons. The molecule has 2 aliphatic rings. The summed E-state index contributed by atoms with van der Waals surface area (Å²) >= 11 is 0. The van der Waals surface area contributed by atoms with E-state index in [4.69, 9.17) is 20.4 Å². The molecule has 0 spiro atoms. The molecule has 2 saturated heterocycles. The average Bonchev–Trinajstić information content (AvgIpc) is 3.57. The van der Waals surface area contributed by atoms with E-state index in [9.17, 15) is 22.8 Å². The molecule has 2 amide bonds. The Hall–Kier alpha value is -5.39. The van der Waals surface area contributed by atoms with Gasteiger partial charge in [0.2, 0.25) is 5.91 Å². The zero-order valence-electron chi connectivity index (χ0n) is 28.4. The molecule has 52 heavy (non-hydrogen) atoms. The van der Waals surface area contributed by atoms with Gasteiger partial charge in [-0.05, 0) is 67.8 Å². The molecule has 2 fully saturated rings. The van der Waals surface area contributed by atoms with Crippen LogP contribution in [0.2, 0.25) is 0 Å². The molecule has 5 heterocycles. The predicted molar refractivity (Wildman–Crippen MR) is 187 cm³/mol. The number of carboxylic acids is 1. The number of carbonyl (C=O) groups excluding carboxylic acids is 2. The molecule has 0 saturated carbocycles. The van der Waals surface area contributed by atoms with Crippen molar-refractivity contribution in [1.29, 1.82) is 0 Å². The number of hydrogen-bond acceptors (Lipinski definition) is 10. The van der Waals surface area contributed by atoms with E-state index in [1.807, 2.05) is 36.4 Å². The maximum Gasteiger partial charge on any atom is 0.490 e. The van der Waals surface area contributed by atoms with Crippen molar-refractivity contribution in [2.75, 3.05) is 49.6 Å². The minimum Gasteiger partial charge on any atom is -0.475 e. The molecule has 2 aliphatic heterocycles. The van der Waals surface area contributed by atoms with Crippen molar-refractivity contribution < 1.29 is 37.4 Å². The molecular weight excluding hydrogens is 683 g/mol. The third-order valence-corrected chi connectivity index (χ3v) is 8.56. The highest BCUT2D eigenvalue weighted by molar-refractivity contribution is 6.03. The molecule has 0 aliphatic carbocycles. The highest BCUT2D eigenvalue weighted by Crippen LogP contribution is 2.30. The van der Waals surface area contributed by atoms with Crippen molar-refractivity contribution in [2.24, 2.45) is 5.73 Å². The number of aliphatic carboxylic acids is 1. The van der Waals surface area contributed by atoms with Crippen LogP contribution in [0.25, 0.3) is 22.3 Å². The second-order valence-electron chi connectivity index (χ2n) is 12.5. The predicted octanol–water partition coefficient (Wildman–Crippen LogP) is 3.73. The van der Waals surface area contributed by atoms with Crippen LogP contribution in [0.1, 0.15) is 35.8 Å². The molecule has 2 atom stereocenters. The number of hydrogen-bond donors (Lipinski definition) is 5. The van der Waals surface area contributed by atoms with Gasteiger partial charge in [-0.1, -0.05) is 18.7 Å². The third-order valence-electron chi connectivity index (χ3n) is 8.56. The summed E-state index contributed by atoms with van der Waals surface area (Å²) in [6.45, 7) is 10.8. The van der Waals surface area contributed by atoms with Crippen molar-refractivity contribution >= 4 is 40.3 Å². The topological polar surface area (TPSA) is 192 Å². The molecule has 0 radical (unpaired) electrons. The first-order valence-corrected chi connectivity index (χ1v) is 16.6. The Labute approximate surface area is 297 Å². The minimum absolute atomic E-state index is 0.0263. The van der Waals surface area contributed by atoms with Crippen molar-refractivity contribution in [1.82, 2.24) is 30.2 Å². The van der Waals surface area contributed by atoms with E-state index in [0.717, 1.165) is 66.1 Å². The van der Waals surface area contributed by atoms with Crippen molar-refractivity contribution in [2.45, 2.75) is 44.6 Å². The first kappa shape index (κ1) is 37.9. The van der Waals surface area contributed by atoms with Gasteiger partial charge in [-0.25, -0.2) is 14.8 Å². The molecular formula is C35H40F3N9O5. The maximum absolute atomic E-state index is 13.1. The second kappa shape index (κ2) is 16.8. The number of benzene rings is 1. The number of anilines is 2. The maximum atomic E-state index is 13.1. The number of alkyl halides is 3. The quantitative estimate of drug-likeness (QED) is 0.158. The standard InChI is InChI=1S/C33H39N9O3.C2HF3O2/c1-21(22(2)34)32(43)39-26-4-3-11-41(19-26)18-23-9-10-35-29(16-23)33(44)38-25-7-5-24(6-8-25)28-17-27-30(40-28)36-20-37-31(27)42-12-14-45-15-13-42;3-2(4,5)1(6)7/h5-10,16-17,20,22,26H,1,3-4,11-15,18-19,34H2,2H3,(H,38,44)(H,39,43)(H,36,37,40);(H,6,7)/t22-,26-;/m1./s1. The van der Waals surface area contributed by atoms with Crippen LogP contribution in [-0.4, -0.2) is 105 Å². The first-order chi connectivity index (χ1) is 24.8. The number of ether oxygens (including phenoxy) is 1. The van der Waals surface area contributed by atoms with Crippen LogP contribution in [0, 0.1) is 0 Å². The van der Waals surface area contributed by atoms with E-state index in [-0.39, 0.29) is 23.9 Å². The molecule has 6 rings (SSSR count). The fraction of sp³-hybridized carbons (Fsp3) is 0.371. The van der Waals surface area contributed by atoms with E-state index in [0.29, 0.717) is 43.3 Å². The van der Waals surface area contributed by atoms with Gasteiger partial charge < -0.3 is 36.1 Å². The highest BCUT2D eigenvalue weighted by atomic mass is 19.4. The molecule has 14 nitrogen and oxygen atoms in total. The number of likely N-dealkylation sites (tertiary alicyclic amines) is 1. The smallest absolute Gasteiger partial charge is 0.475 e. The minimum atomic E-state index is -5.08. The fourth-order valence-electron chi connectivity index (χ4n) is 5.79. The molecule has 3 aromatic heterocycles. The van der Waals surface area contributed by atoms with Crippen LogP contribution in [0.3, 0.4) is 0 Å². The van der Waals surface area contributed by atoms with E-state index >= 15 is 0 Å². The van der Waals surface area contributed by atoms with E-state index < -0.39 is 12.1 Å². The molecule has 0 unspecified atom stereocenters. The number of aromatic nitrogens is 4. The number of fused-ring (bicyclic) bond motifs is 1. The number of aromatic amines is 1. The van der Waals surface area contributed by atoms with E-state index in [2.05, 4.69) is 53.0 Å². The number of piperidine rings is 1. The van der Waals surface area contributed by atoms with Gasteiger partial charge in [0, 0.05) is 61.4 Å². The Bertz CT molecular complexity index is 1890. The molecule has 4 aromatic rings. The van der Waals surface area contributed by atoms with Gasteiger partial charge in [0.25, 0.3) is 5.91 Å². The Kier molecular flexibility index (Phi) is 12.2. The Morgan fingerprint density at radius 1 is 1.10 bits per heavy atom. The summed E-state index contributed by atoms with van der Waals surface area (Å²) in [6.07, 6.45) is 0.0274. The summed E-state index contributed by atoms with van der Waals surface area (Å²) in [4.78, 5) is 55.6. The van der Waals surface area contributed by atoms with Gasteiger partial charge in [0.1, 0.15) is 23.5 Å². The molecule has 0 bridgehead atoms. The van der Waals surface area contributed by atoms with Crippen molar-refractivity contribution in [3.63, 3.8) is 0 Å². The van der Waals surface area contributed by atoms with Crippen LogP contribution in [0.15, 0.2) is 67.1 Å². The van der Waals surface area contributed by atoms with Crippen molar-refractivity contribution in [3.05, 3.63) is 78.4 Å². The normalized spacial score (nSPS) is 17.1. The largest absolute Gasteiger partial charge is 0.490 e. The molecule has 1 aromatic carbocycles. The van der Waals surface area contributed by atoms with Gasteiger partial charge >= 0.3 is 12.1 Å². The molecule has 17 heteroatoms. The summed E-state index contributed by atoms with van der Waals surface area (Å²) in [5.74, 6) is -2.33. The van der Waals surface area contributed by atoms with Gasteiger partial charge in [-0.3, -0.25) is 19.5 Å². The van der Waals surface area contributed by atoms with Crippen LogP contribution in [0.5, 0.6) is 0 Å². The lowest BCUT2D eigenvalue weighted by atomic mass is 10.0. The lowest BCUT2D eigenvalue weighted by molar-refractivity contribution is -0.192. The summed E-state index contributed by atoms with van der Waals surface area (Å²) in [5, 5.41) is 14.1. The average molecular weight is 724 g/mol. The Balaban J connectivity index is 0.000000679. The monoisotopic (exact) mass is 723 g/mol. The summed E-state index contributed by atoms with van der Waals surface area (Å²) in [5.41, 5.74) is 10.9. The van der Waals surface area contributed by atoms with Crippen LogP contribution in [0.4, 0.5) is 24.7 Å². The summed E-state index contributed by atoms with van der Waals surface area (Å²) in [7, 11) is 0. The lowest BCUT2D eigenvalue weighted by Gasteiger charge is -2.33. The Morgan fingerprint density at radius 2 is 1.81 bits per heavy atom. The van der Waals surface area contributed by atoms with Crippen molar-refractivity contribution in [3.8, 4) is 11.3 Å². The number of amides is 2. The van der Waals surface area contributed by atoms with Crippen LogP contribution in [-0.2, 0) is 20.9 Å². The van der Waals surface area contributed by atoms with Gasteiger partial charge in [0.15, 0.2) is 0 Å². The number of rotatable bonds is 9. The third kappa shape index (κ3) is 9.89. The number of carboxylic acid groups (broad SMARTS) is 1. The number of carbonyl (C=O) groups is 3. The first-order valence-electron chi connectivity index (χ1n) is 16.6. The highest BCUT2D eigenvalue weighted by Gasteiger charge is 2.38. The number of nitrogens with zero attached hydrogens (tertiary/aromatic N) is 5. The van der Waals surface area contributed by atoms with E-state index in [1.165, 1.54) is 0 Å². The SMILES string of the molecule is C=C(C(=O)N[C@@H]1CCCN(Cc2ccnc(C(=O)Nc3ccc(-c4cc5c(N6CCOCC6)ncnc5[nH]4)cc3)c2)C1)[C@@H](C)N.O=C(O)C(F)(F)F. The zero-order valence-corrected chi connectivity index (χ0v) is 28.4. The summed E-state index contributed by atoms with van der Waals surface area (Å²) < 4.78 is 37.2. The van der Waals surface area contributed by atoms with E-state index in [1.54, 1.807) is 19.4 Å². The Morgan fingerprint density at radius 3 is 2.48 bits per heavy atom. The summed E-state index contributed by atoms with van der Waals surface area (Å²) in [6, 6.07) is 13.1. The van der Waals surface area contributed by atoms with Gasteiger partial charge in [-0.15, -0.1) is 0 Å². The number of nitrogens with one attached hydrogen (secondary N) is 3. The lowest BCUT2D eigenvalue weighted by Crippen LogP contribution is -2.48. The van der Waals surface area contributed by atoms with Gasteiger partial charge in [0.05, 0.1) is 18.6 Å². The number of nitrogens with two attached hydrogens (primary N) is 1. The fourth-order valence-corrected chi connectivity index (χ4v) is 5.79. The number of morpholine rings is 1. The molecule has 6 N–H and O–H groups in total. The number of pyridine rings is 1. The second-order valence-corrected chi connectivity index (χ2v) is 12.5. The van der Waals surface area contributed by atoms with Crippen LogP contribution >= 0.6 is 0 Å². The van der Waals surface area contributed by atoms with Crippen LogP contribution < -0.4 is 21.3 Å². The zero-order chi connectivity index (χ0) is 37.4. The number of H-pyrrole nitrogens is 1.